The summed E-state index contributed by atoms with van der Waals surface area (Å²) in [6.07, 6.45) is -0.221. The molecule has 0 aliphatic rings. The Balaban J connectivity index is 2.79. The van der Waals surface area contributed by atoms with Crippen molar-refractivity contribution >= 4 is 29.3 Å². The zero-order valence-electron chi connectivity index (χ0n) is 11.0. The molecule has 0 spiro atoms. The number of rotatable bonds is 4. The van der Waals surface area contributed by atoms with Gasteiger partial charge in [0.15, 0.2) is 0 Å². The SMILES string of the molecule is CC(C)(CC(=O)O)NC(=O)Nc1cc(Cl)ccc1C#N. The highest BCUT2D eigenvalue weighted by molar-refractivity contribution is 6.31. The van der Waals surface area contributed by atoms with Crippen LogP contribution < -0.4 is 10.6 Å². The summed E-state index contributed by atoms with van der Waals surface area (Å²) in [5, 5.41) is 23.1. The summed E-state index contributed by atoms with van der Waals surface area (Å²) < 4.78 is 0. The maximum Gasteiger partial charge on any atom is 0.319 e. The number of carbonyl (C=O) groups is 2. The highest BCUT2D eigenvalue weighted by Crippen LogP contribution is 2.20. The summed E-state index contributed by atoms with van der Waals surface area (Å²) >= 11 is 5.80. The molecule has 7 heteroatoms. The van der Waals surface area contributed by atoms with Gasteiger partial charge in [0.2, 0.25) is 0 Å². The van der Waals surface area contributed by atoms with Gasteiger partial charge in [-0.15, -0.1) is 0 Å². The van der Waals surface area contributed by atoms with E-state index >= 15 is 0 Å². The number of carboxylic acids is 1. The first-order chi connectivity index (χ1) is 9.23. The molecule has 0 aromatic heterocycles. The lowest BCUT2D eigenvalue weighted by Crippen LogP contribution is -2.46. The standard InChI is InChI=1S/C13H14ClN3O3/c1-13(2,6-11(18)19)17-12(20)16-10-5-9(14)4-3-8(10)7-15/h3-5H,6H2,1-2H3,(H,18,19)(H2,16,17,20). The molecule has 1 rings (SSSR count). The fourth-order valence-electron chi connectivity index (χ4n) is 1.60. The van der Waals surface area contributed by atoms with E-state index in [1.807, 2.05) is 6.07 Å². The Hall–Kier alpha value is -2.26. The quantitative estimate of drug-likeness (QED) is 0.794. The third-order valence-electron chi connectivity index (χ3n) is 2.40. The van der Waals surface area contributed by atoms with Gasteiger partial charge in [-0.3, -0.25) is 4.79 Å². The maximum absolute atomic E-state index is 11.8. The molecular weight excluding hydrogens is 282 g/mol. The van der Waals surface area contributed by atoms with Crippen molar-refractivity contribution in [3.63, 3.8) is 0 Å². The Labute approximate surface area is 121 Å². The number of nitrogens with zero attached hydrogens (tertiary/aromatic N) is 1. The number of carbonyl (C=O) groups excluding carboxylic acids is 1. The molecule has 0 saturated carbocycles. The number of aliphatic carboxylic acids is 1. The fraction of sp³-hybridized carbons (Fsp3) is 0.308. The number of anilines is 1. The second kappa shape index (κ2) is 6.26. The van der Waals surface area contributed by atoms with Crippen LogP contribution in [0.2, 0.25) is 5.02 Å². The van der Waals surface area contributed by atoms with Gasteiger partial charge in [0.25, 0.3) is 0 Å². The molecule has 0 atom stereocenters. The second-order valence-electron chi connectivity index (χ2n) is 4.84. The van der Waals surface area contributed by atoms with E-state index in [1.54, 1.807) is 13.8 Å². The molecule has 0 aliphatic carbocycles. The number of hydrogen-bond donors (Lipinski definition) is 3. The summed E-state index contributed by atoms with van der Waals surface area (Å²) in [5.41, 5.74) is -0.384. The highest BCUT2D eigenvalue weighted by Gasteiger charge is 2.24. The Bertz CT molecular complexity index is 579. The van der Waals surface area contributed by atoms with Gasteiger partial charge in [-0.25, -0.2) is 4.79 Å². The van der Waals surface area contributed by atoms with Crippen molar-refractivity contribution in [2.45, 2.75) is 25.8 Å². The molecule has 0 aliphatic heterocycles. The van der Waals surface area contributed by atoms with Crippen LogP contribution in [0.1, 0.15) is 25.8 Å². The van der Waals surface area contributed by atoms with Crippen LogP contribution in [0.4, 0.5) is 10.5 Å². The van der Waals surface area contributed by atoms with Gasteiger partial charge < -0.3 is 15.7 Å². The minimum atomic E-state index is -1.02. The lowest BCUT2D eigenvalue weighted by Gasteiger charge is -2.24. The molecule has 106 valence electrons. The topological polar surface area (TPSA) is 102 Å². The summed E-state index contributed by atoms with van der Waals surface area (Å²) in [5.74, 6) is -1.02. The second-order valence-corrected chi connectivity index (χ2v) is 5.27. The van der Waals surface area contributed by atoms with Crippen molar-refractivity contribution in [1.29, 1.82) is 5.26 Å². The molecule has 3 N–H and O–H groups in total. The van der Waals surface area contributed by atoms with E-state index in [4.69, 9.17) is 22.0 Å². The highest BCUT2D eigenvalue weighted by atomic mass is 35.5. The third kappa shape index (κ3) is 4.78. The molecule has 0 saturated heterocycles. The zero-order chi connectivity index (χ0) is 15.3. The van der Waals surface area contributed by atoms with Crippen LogP contribution >= 0.6 is 11.6 Å². The Morgan fingerprint density at radius 3 is 2.65 bits per heavy atom. The minimum Gasteiger partial charge on any atom is -0.481 e. The van der Waals surface area contributed by atoms with Crippen LogP contribution in [0.25, 0.3) is 0 Å². The first-order valence-corrected chi connectivity index (χ1v) is 6.12. The minimum absolute atomic E-state index is 0.221. The van der Waals surface area contributed by atoms with Crippen LogP contribution in [-0.4, -0.2) is 22.6 Å². The smallest absolute Gasteiger partial charge is 0.319 e. The van der Waals surface area contributed by atoms with Crippen molar-refractivity contribution < 1.29 is 14.7 Å². The van der Waals surface area contributed by atoms with E-state index in [0.717, 1.165) is 0 Å². The molecule has 0 bridgehead atoms. The monoisotopic (exact) mass is 295 g/mol. The van der Waals surface area contributed by atoms with Gasteiger partial charge >= 0.3 is 12.0 Å². The van der Waals surface area contributed by atoms with Crippen molar-refractivity contribution in [1.82, 2.24) is 5.32 Å². The average Bonchev–Trinajstić information content (AvgIpc) is 2.26. The number of nitriles is 1. The van der Waals surface area contributed by atoms with E-state index in [9.17, 15) is 9.59 Å². The van der Waals surface area contributed by atoms with E-state index in [2.05, 4.69) is 10.6 Å². The normalized spacial score (nSPS) is 10.5. The zero-order valence-corrected chi connectivity index (χ0v) is 11.8. The van der Waals surface area contributed by atoms with E-state index in [-0.39, 0.29) is 17.7 Å². The summed E-state index contributed by atoms with van der Waals surface area (Å²) in [6.45, 7) is 3.17. The van der Waals surface area contributed by atoms with Crippen LogP contribution in [0.15, 0.2) is 18.2 Å². The number of benzene rings is 1. The Morgan fingerprint density at radius 1 is 1.45 bits per heavy atom. The molecule has 6 nitrogen and oxygen atoms in total. The molecular formula is C13H14ClN3O3. The number of urea groups is 1. The van der Waals surface area contributed by atoms with Crippen molar-refractivity contribution in [3.05, 3.63) is 28.8 Å². The molecule has 1 aromatic carbocycles. The van der Waals surface area contributed by atoms with E-state index in [0.29, 0.717) is 5.02 Å². The molecule has 0 heterocycles. The molecule has 0 unspecified atom stereocenters. The van der Waals surface area contributed by atoms with Gasteiger partial charge in [-0.05, 0) is 32.0 Å². The number of hydrogen-bond acceptors (Lipinski definition) is 3. The predicted octanol–water partition coefficient (Wildman–Crippen LogP) is 2.59. The van der Waals surface area contributed by atoms with Crippen LogP contribution in [-0.2, 0) is 4.79 Å². The van der Waals surface area contributed by atoms with Gasteiger partial charge in [0.05, 0.1) is 17.7 Å². The Kier molecular flexibility index (Phi) is 4.94. The van der Waals surface area contributed by atoms with Gasteiger partial charge in [0.1, 0.15) is 6.07 Å². The first-order valence-electron chi connectivity index (χ1n) is 5.74. The largest absolute Gasteiger partial charge is 0.481 e. The predicted molar refractivity (Wildman–Crippen MR) is 74.7 cm³/mol. The molecule has 0 radical (unpaired) electrons. The van der Waals surface area contributed by atoms with E-state index in [1.165, 1.54) is 18.2 Å². The van der Waals surface area contributed by atoms with Crippen molar-refractivity contribution in [3.8, 4) is 6.07 Å². The molecule has 1 aromatic rings. The number of nitrogens with one attached hydrogen (secondary N) is 2. The first kappa shape index (κ1) is 15.8. The number of halogens is 1. The fourth-order valence-corrected chi connectivity index (χ4v) is 1.77. The lowest BCUT2D eigenvalue weighted by molar-refractivity contribution is -0.138. The van der Waals surface area contributed by atoms with Crippen LogP contribution in [0.3, 0.4) is 0 Å². The number of amides is 2. The lowest BCUT2D eigenvalue weighted by atomic mass is 10.0. The van der Waals surface area contributed by atoms with Crippen LogP contribution in [0.5, 0.6) is 0 Å². The molecule has 0 fully saturated rings. The van der Waals surface area contributed by atoms with Gasteiger partial charge in [-0.2, -0.15) is 5.26 Å². The average molecular weight is 296 g/mol. The van der Waals surface area contributed by atoms with E-state index < -0.39 is 17.5 Å². The van der Waals surface area contributed by atoms with Gasteiger partial charge in [-0.1, -0.05) is 11.6 Å². The molecule has 20 heavy (non-hydrogen) atoms. The van der Waals surface area contributed by atoms with Gasteiger partial charge in [0, 0.05) is 10.6 Å². The third-order valence-corrected chi connectivity index (χ3v) is 2.63. The Morgan fingerprint density at radius 2 is 2.10 bits per heavy atom. The van der Waals surface area contributed by atoms with Crippen LogP contribution in [0, 0.1) is 11.3 Å². The summed E-state index contributed by atoms with van der Waals surface area (Å²) in [6, 6.07) is 5.80. The number of carboxylic acid groups (broad SMARTS) is 1. The van der Waals surface area contributed by atoms with Crippen molar-refractivity contribution in [2.24, 2.45) is 0 Å². The van der Waals surface area contributed by atoms with Crippen molar-refractivity contribution in [2.75, 3.05) is 5.32 Å². The summed E-state index contributed by atoms with van der Waals surface area (Å²) in [7, 11) is 0. The molecule has 2 amide bonds. The maximum atomic E-state index is 11.8. The summed E-state index contributed by atoms with van der Waals surface area (Å²) in [4.78, 5) is 22.5.